The Kier molecular flexibility index (Phi) is 10.9. The van der Waals surface area contributed by atoms with Gasteiger partial charge in [-0.15, -0.1) is 0 Å². The second-order valence-corrected chi connectivity index (χ2v) is 9.71. The van der Waals surface area contributed by atoms with Crippen molar-refractivity contribution in [3.8, 4) is 5.75 Å². The Balaban J connectivity index is 3.32. The van der Waals surface area contributed by atoms with Crippen molar-refractivity contribution in [3.05, 3.63) is 29.8 Å². The van der Waals surface area contributed by atoms with Crippen LogP contribution in [0.15, 0.2) is 24.3 Å². The van der Waals surface area contributed by atoms with E-state index in [1.165, 1.54) is 11.0 Å². The van der Waals surface area contributed by atoms with Crippen molar-refractivity contribution in [1.82, 2.24) is 15.5 Å². The van der Waals surface area contributed by atoms with Crippen molar-refractivity contribution in [3.63, 3.8) is 0 Å². The lowest BCUT2D eigenvalue weighted by Crippen LogP contribution is -2.53. The van der Waals surface area contributed by atoms with Crippen LogP contribution in [-0.4, -0.2) is 64.2 Å². The average Bonchev–Trinajstić information content (AvgIpc) is 2.67. The van der Waals surface area contributed by atoms with Crippen LogP contribution in [0, 0.1) is 0 Å². The summed E-state index contributed by atoms with van der Waals surface area (Å²) in [5, 5.41) is 15.9. The van der Waals surface area contributed by atoms with Crippen LogP contribution in [0.2, 0.25) is 0 Å². The zero-order chi connectivity index (χ0) is 24.5. The lowest BCUT2D eigenvalue weighted by molar-refractivity contribution is -0.142. The molecule has 3 N–H and O–H groups in total. The van der Waals surface area contributed by atoms with Gasteiger partial charge in [-0.25, -0.2) is 4.79 Å². The van der Waals surface area contributed by atoms with Crippen LogP contribution in [0.25, 0.3) is 0 Å². The summed E-state index contributed by atoms with van der Waals surface area (Å²) in [5.74, 6) is -0.274. The normalized spacial score (nSPS) is 13.2. The Morgan fingerprint density at radius 2 is 1.78 bits per heavy atom. The van der Waals surface area contributed by atoms with E-state index in [1.807, 2.05) is 20.1 Å². The fourth-order valence-corrected chi connectivity index (χ4v) is 3.61. The third kappa shape index (κ3) is 8.61. The van der Waals surface area contributed by atoms with Crippen LogP contribution in [0.5, 0.6) is 5.75 Å². The fourth-order valence-electron chi connectivity index (χ4n) is 3.14. The summed E-state index contributed by atoms with van der Waals surface area (Å²) >= 11 is 1.55. The van der Waals surface area contributed by atoms with E-state index in [4.69, 9.17) is 4.74 Å². The topological polar surface area (TPSA) is 108 Å². The third-order valence-corrected chi connectivity index (χ3v) is 5.09. The molecule has 1 rings (SSSR count). The van der Waals surface area contributed by atoms with Gasteiger partial charge in [-0.05, 0) is 66.0 Å². The van der Waals surface area contributed by atoms with Gasteiger partial charge in [-0.1, -0.05) is 18.2 Å². The fraction of sp³-hybridized carbons (Fsp3) is 0.609. The number of hydrogen-bond donors (Lipinski definition) is 3. The molecule has 1 aromatic carbocycles. The molecule has 3 amide bonds. The smallest absolute Gasteiger partial charge is 0.408 e. The minimum Gasteiger partial charge on any atom is -0.508 e. The number of benzene rings is 1. The van der Waals surface area contributed by atoms with Gasteiger partial charge in [-0.3, -0.25) is 9.59 Å². The molecule has 0 aliphatic rings. The van der Waals surface area contributed by atoms with Crippen molar-refractivity contribution in [1.29, 1.82) is 0 Å². The highest BCUT2D eigenvalue weighted by atomic mass is 32.2. The highest BCUT2D eigenvalue weighted by Crippen LogP contribution is 2.30. The molecule has 0 aliphatic carbocycles. The molecule has 0 fully saturated rings. The van der Waals surface area contributed by atoms with E-state index in [2.05, 4.69) is 10.6 Å². The molecule has 1 aromatic rings. The zero-order valence-corrected chi connectivity index (χ0v) is 20.9. The summed E-state index contributed by atoms with van der Waals surface area (Å²) in [5.41, 5.74) is -0.390. The number of carbonyl (C=O) groups is 3. The summed E-state index contributed by atoms with van der Waals surface area (Å²) in [6, 6.07) is 4.37. The highest BCUT2D eigenvalue weighted by molar-refractivity contribution is 7.98. The summed E-state index contributed by atoms with van der Waals surface area (Å²) in [7, 11) is 0. The van der Waals surface area contributed by atoms with Gasteiger partial charge in [0.25, 0.3) is 0 Å². The van der Waals surface area contributed by atoms with Gasteiger partial charge in [0, 0.05) is 18.2 Å². The standard InChI is InChI=1S/C23H37N3O5S/c1-8-26(19(20(28)24-15(2)3)16-11-9-10-12-18(16)27)21(29)17(13-14-32-7)25-22(30)31-23(4,5)6/h9-12,15,17,19,27H,8,13-14H2,1-7H3,(H,24,28)(H,25,30). The van der Waals surface area contributed by atoms with E-state index in [0.717, 1.165) is 0 Å². The van der Waals surface area contributed by atoms with Crippen molar-refractivity contribution >= 4 is 29.7 Å². The number of rotatable bonds is 10. The van der Waals surface area contributed by atoms with Crippen LogP contribution < -0.4 is 10.6 Å². The van der Waals surface area contributed by atoms with E-state index >= 15 is 0 Å². The molecular formula is C23H37N3O5S. The van der Waals surface area contributed by atoms with Gasteiger partial charge in [0.2, 0.25) is 11.8 Å². The van der Waals surface area contributed by atoms with E-state index < -0.39 is 35.6 Å². The first-order chi connectivity index (χ1) is 14.9. The molecule has 0 saturated carbocycles. The number of hydrogen-bond acceptors (Lipinski definition) is 6. The number of nitrogens with zero attached hydrogens (tertiary/aromatic N) is 1. The lowest BCUT2D eigenvalue weighted by atomic mass is 10.0. The van der Waals surface area contributed by atoms with Crippen LogP contribution >= 0.6 is 11.8 Å². The van der Waals surface area contributed by atoms with Crippen molar-refractivity contribution in [2.75, 3.05) is 18.6 Å². The lowest BCUT2D eigenvalue weighted by Gasteiger charge is -2.34. The Hall–Kier alpha value is -2.42. The quantitative estimate of drug-likeness (QED) is 0.486. The molecule has 0 aliphatic heterocycles. The molecule has 9 heteroatoms. The number of alkyl carbamates (subject to hydrolysis) is 1. The van der Waals surface area contributed by atoms with Gasteiger partial charge < -0.3 is 25.4 Å². The Labute approximate surface area is 195 Å². The second kappa shape index (κ2) is 12.6. The number of phenols is 1. The molecule has 0 spiro atoms. The van der Waals surface area contributed by atoms with Gasteiger partial charge in [-0.2, -0.15) is 11.8 Å². The first kappa shape index (κ1) is 27.6. The maximum Gasteiger partial charge on any atom is 0.408 e. The molecule has 0 aromatic heterocycles. The number of para-hydroxylation sites is 1. The summed E-state index contributed by atoms with van der Waals surface area (Å²) in [6.45, 7) is 10.8. The van der Waals surface area contributed by atoms with Crippen molar-refractivity contribution in [2.24, 2.45) is 0 Å². The van der Waals surface area contributed by atoms with E-state index in [-0.39, 0.29) is 18.3 Å². The summed E-state index contributed by atoms with van der Waals surface area (Å²) < 4.78 is 5.33. The first-order valence-corrected chi connectivity index (χ1v) is 12.2. The highest BCUT2D eigenvalue weighted by Gasteiger charge is 2.36. The SMILES string of the molecule is CCN(C(=O)C(CCSC)NC(=O)OC(C)(C)C)C(C(=O)NC(C)C)c1ccccc1O. The monoisotopic (exact) mass is 467 g/mol. The molecule has 2 unspecified atom stereocenters. The van der Waals surface area contributed by atoms with Crippen LogP contribution in [-0.2, 0) is 14.3 Å². The average molecular weight is 468 g/mol. The number of aromatic hydroxyl groups is 1. The number of phenolic OH excluding ortho intramolecular Hbond substituents is 1. The number of nitrogens with one attached hydrogen (secondary N) is 2. The Morgan fingerprint density at radius 3 is 2.28 bits per heavy atom. The third-order valence-electron chi connectivity index (χ3n) is 4.45. The van der Waals surface area contributed by atoms with Gasteiger partial charge >= 0.3 is 6.09 Å². The maximum absolute atomic E-state index is 13.6. The van der Waals surface area contributed by atoms with Gasteiger partial charge in [0.15, 0.2) is 0 Å². The number of likely N-dealkylation sites (N-methyl/N-ethyl adjacent to an activating group) is 1. The summed E-state index contributed by atoms with van der Waals surface area (Å²) in [6.07, 6.45) is 1.58. The molecule has 0 radical (unpaired) electrons. The summed E-state index contributed by atoms with van der Waals surface area (Å²) in [4.78, 5) is 40.5. The van der Waals surface area contributed by atoms with Gasteiger partial charge in [0.1, 0.15) is 23.4 Å². The number of carbonyl (C=O) groups excluding carboxylic acids is 3. The molecule has 0 bridgehead atoms. The molecular weight excluding hydrogens is 430 g/mol. The van der Waals surface area contributed by atoms with Crippen molar-refractivity contribution in [2.45, 2.75) is 71.7 Å². The molecule has 2 atom stereocenters. The molecule has 180 valence electrons. The number of ether oxygens (including phenoxy) is 1. The zero-order valence-electron chi connectivity index (χ0n) is 20.1. The molecule has 0 heterocycles. The maximum atomic E-state index is 13.6. The van der Waals surface area contributed by atoms with E-state index in [1.54, 1.807) is 57.7 Å². The molecule has 8 nitrogen and oxygen atoms in total. The second-order valence-electron chi connectivity index (χ2n) is 8.73. The van der Waals surface area contributed by atoms with Crippen molar-refractivity contribution < 1.29 is 24.2 Å². The largest absolute Gasteiger partial charge is 0.508 e. The van der Waals surface area contributed by atoms with Crippen LogP contribution in [0.3, 0.4) is 0 Å². The Morgan fingerprint density at radius 1 is 1.16 bits per heavy atom. The predicted molar refractivity (Wildman–Crippen MR) is 128 cm³/mol. The Bertz CT molecular complexity index is 779. The van der Waals surface area contributed by atoms with E-state index in [9.17, 15) is 19.5 Å². The van der Waals surface area contributed by atoms with Crippen LogP contribution in [0.4, 0.5) is 4.79 Å². The predicted octanol–water partition coefficient (Wildman–Crippen LogP) is 3.45. The first-order valence-electron chi connectivity index (χ1n) is 10.8. The minimum absolute atomic E-state index is 0.0802. The van der Waals surface area contributed by atoms with E-state index in [0.29, 0.717) is 17.7 Å². The minimum atomic E-state index is -1.05. The van der Waals surface area contributed by atoms with Crippen LogP contribution in [0.1, 0.15) is 59.6 Å². The van der Waals surface area contributed by atoms with Gasteiger partial charge in [0.05, 0.1) is 0 Å². The number of amides is 3. The number of thioether (sulfide) groups is 1. The molecule has 32 heavy (non-hydrogen) atoms. The molecule has 0 saturated heterocycles.